The zero-order valence-corrected chi connectivity index (χ0v) is 12.4. The van der Waals surface area contributed by atoms with E-state index in [0.29, 0.717) is 19.6 Å². The minimum Gasteiger partial charge on any atom is -0.391 e. The molecule has 0 saturated carbocycles. The summed E-state index contributed by atoms with van der Waals surface area (Å²) in [5, 5.41) is 12.5. The van der Waals surface area contributed by atoms with Crippen LogP contribution in [0.15, 0.2) is 43.0 Å². The number of hydrogen-bond acceptors (Lipinski definition) is 3. The number of hydrogen-bond donors (Lipinski definition) is 2. The maximum atomic E-state index is 12.1. The van der Waals surface area contributed by atoms with E-state index in [0.717, 1.165) is 24.1 Å². The van der Waals surface area contributed by atoms with Crippen LogP contribution in [-0.4, -0.2) is 44.8 Å². The summed E-state index contributed by atoms with van der Waals surface area (Å²) in [6.45, 7) is 1.61. The summed E-state index contributed by atoms with van der Waals surface area (Å²) in [6.07, 6.45) is 6.61. The molecule has 1 aliphatic rings. The van der Waals surface area contributed by atoms with Crippen LogP contribution >= 0.6 is 0 Å². The highest BCUT2D eigenvalue weighted by Crippen LogP contribution is 2.11. The molecule has 2 aromatic rings. The van der Waals surface area contributed by atoms with E-state index in [1.165, 1.54) is 0 Å². The Morgan fingerprint density at radius 2 is 2.18 bits per heavy atom. The lowest BCUT2D eigenvalue weighted by atomic mass is 10.1. The van der Waals surface area contributed by atoms with Crippen molar-refractivity contribution in [2.75, 3.05) is 13.1 Å². The SMILES string of the molecule is O=C(NCc1ccc(-n2ccnc2)cc1)N1CCCC(O)C1. The second-order valence-electron chi connectivity index (χ2n) is 5.54. The molecule has 1 aliphatic heterocycles. The van der Waals surface area contributed by atoms with Crippen molar-refractivity contribution in [3.63, 3.8) is 0 Å². The number of piperidine rings is 1. The van der Waals surface area contributed by atoms with E-state index in [1.54, 1.807) is 17.4 Å². The van der Waals surface area contributed by atoms with E-state index in [-0.39, 0.29) is 6.03 Å². The van der Waals surface area contributed by atoms with E-state index < -0.39 is 6.10 Å². The van der Waals surface area contributed by atoms with Gasteiger partial charge in [-0.1, -0.05) is 12.1 Å². The topological polar surface area (TPSA) is 70.4 Å². The van der Waals surface area contributed by atoms with Crippen molar-refractivity contribution in [3.8, 4) is 5.69 Å². The van der Waals surface area contributed by atoms with Gasteiger partial charge in [0.2, 0.25) is 0 Å². The van der Waals surface area contributed by atoms with Crippen molar-refractivity contribution in [2.45, 2.75) is 25.5 Å². The molecule has 2 amide bonds. The average molecular weight is 300 g/mol. The standard InChI is InChI=1S/C16H20N4O2/c21-15-2-1-8-19(11-15)16(22)18-10-13-3-5-14(6-4-13)20-9-7-17-12-20/h3-7,9,12,15,21H,1-2,8,10-11H2,(H,18,22). The van der Waals surface area contributed by atoms with Gasteiger partial charge in [0.15, 0.2) is 0 Å². The number of carbonyl (C=O) groups excluding carboxylic acids is 1. The maximum absolute atomic E-state index is 12.1. The van der Waals surface area contributed by atoms with Gasteiger partial charge >= 0.3 is 6.03 Å². The predicted octanol–water partition coefficient (Wildman–Crippen LogP) is 1.54. The Kier molecular flexibility index (Phi) is 4.39. The summed E-state index contributed by atoms with van der Waals surface area (Å²) < 4.78 is 1.93. The first-order valence-corrected chi connectivity index (χ1v) is 7.50. The van der Waals surface area contributed by atoms with Gasteiger partial charge in [-0.15, -0.1) is 0 Å². The number of aliphatic hydroxyl groups excluding tert-OH is 1. The van der Waals surface area contributed by atoms with Gasteiger partial charge in [-0.05, 0) is 30.5 Å². The molecule has 2 heterocycles. The van der Waals surface area contributed by atoms with Crippen LogP contribution in [0.1, 0.15) is 18.4 Å². The van der Waals surface area contributed by atoms with Crippen molar-refractivity contribution in [1.29, 1.82) is 0 Å². The van der Waals surface area contributed by atoms with Crippen LogP contribution < -0.4 is 5.32 Å². The van der Waals surface area contributed by atoms with E-state index in [2.05, 4.69) is 10.3 Å². The number of imidazole rings is 1. The Hall–Kier alpha value is -2.34. The number of aromatic nitrogens is 2. The second-order valence-corrected chi connectivity index (χ2v) is 5.54. The summed E-state index contributed by atoms with van der Waals surface area (Å²) in [5.74, 6) is 0. The Labute approximate surface area is 129 Å². The fourth-order valence-corrected chi connectivity index (χ4v) is 2.63. The molecular weight excluding hydrogens is 280 g/mol. The molecule has 6 heteroatoms. The van der Waals surface area contributed by atoms with Crippen molar-refractivity contribution in [2.24, 2.45) is 0 Å². The van der Waals surface area contributed by atoms with Crippen LogP contribution in [0.3, 0.4) is 0 Å². The first kappa shape index (κ1) is 14.6. The molecule has 6 nitrogen and oxygen atoms in total. The van der Waals surface area contributed by atoms with Crippen molar-refractivity contribution in [1.82, 2.24) is 19.8 Å². The normalized spacial score (nSPS) is 18.2. The number of amides is 2. The van der Waals surface area contributed by atoms with Crippen molar-refractivity contribution < 1.29 is 9.90 Å². The third kappa shape index (κ3) is 3.46. The zero-order valence-electron chi connectivity index (χ0n) is 12.4. The summed E-state index contributed by atoms with van der Waals surface area (Å²) in [4.78, 5) is 17.8. The lowest BCUT2D eigenvalue weighted by Gasteiger charge is -2.30. The van der Waals surface area contributed by atoms with E-state index in [4.69, 9.17) is 0 Å². The molecule has 0 aliphatic carbocycles. The highest BCUT2D eigenvalue weighted by molar-refractivity contribution is 5.74. The molecular formula is C16H20N4O2. The van der Waals surface area contributed by atoms with Crippen LogP contribution in [0.4, 0.5) is 4.79 Å². The van der Waals surface area contributed by atoms with Crippen LogP contribution in [0, 0.1) is 0 Å². The van der Waals surface area contributed by atoms with Gasteiger partial charge in [-0.25, -0.2) is 9.78 Å². The largest absolute Gasteiger partial charge is 0.391 e. The quantitative estimate of drug-likeness (QED) is 0.903. The van der Waals surface area contributed by atoms with E-state index in [1.807, 2.05) is 35.0 Å². The van der Waals surface area contributed by atoms with Gasteiger partial charge < -0.3 is 19.9 Å². The monoisotopic (exact) mass is 300 g/mol. The van der Waals surface area contributed by atoms with Gasteiger partial charge in [-0.2, -0.15) is 0 Å². The third-order valence-corrected chi connectivity index (χ3v) is 3.87. The summed E-state index contributed by atoms with van der Waals surface area (Å²) in [6, 6.07) is 7.85. The molecule has 0 bridgehead atoms. The highest BCUT2D eigenvalue weighted by atomic mass is 16.3. The molecule has 0 radical (unpaired) electrons. The van der Waals surface area contributed by atoms with Crippen molar-refractivity contribution in [3.05, 3.63) is 48.5 Å². The number of β-amino-alcohol motifs (C(OH)–C–C–N with tert-alkyl or cyclic N) is 1. The molecule has 0 spiro atoms. The van der Waals surface area contributed by atoms with Crippen LogP contribution in [-0.2, 0) is 6.54 Å². The first-order valence-electron chi connectivity index (χ1n) is 7.50. The minimum atomic E-state index is -0.394. The van der Waals surface area contributed by atoms with E-state index >= 15 is 0 Å². The van der Waals surface area contributed by atoms with Crippen molar-refractivity contribution >= 4 is 6.03 Å². The number of benzene rings is 1. The van der Waals surface area contributed by atoms with Gasteiger partial charge in [0.25, 0.3) is 0 Å². The second kappa shape index (κ2) is 6.62. The smallest absolute Gasteiger partial charge is 0.317 e. The molecule has 1 aromatic heterocycles. The number of urea groups is 1. The number of nitrogens with one attached hydrogen (secondary N) is 1. The van der Waals surface area contributed by atoms with Gasteiger partial charge in [0, 0.05) is 37.7 Å². The highest BCUT2D eigenvalue weighted by Gasteiger charge is 2.21. The third-order valence-electron chi connectivity index (χ3n) is 3.87. The molecule has 1 atom stereocenters. The molecule has 1 aromatic carbocycles. The summed E-state index contributed by atoms with van der Waals surface area (Å²) >= 11 is 0. The maximum Gasteiger partial charge on any atom is 0.317 e. The molecule has 2 N–H and O–H groups in total. The molecule has 22 heavy (non-hydrogen) atoms. The predicted molar refractivity (Wildman–Crippen MR) is 82.6 cm³/mol. The number of aliphatic hydroxyl groups is 1. The number of nitrogens with zero attached hydrogens (tertiary/aromatic N) is 3. The van der Waals surface area contributed by atoms with Gasteiger partial charge in [-0.3, -0.25) is 0 Å². The summed E-state index contributed by atoms with van der Waals surface area (Å²) in [5.41, 5.74) is 2.07. The van der Waals surface area contributed by atoms with Crippen LogP contribution in [0.25, 0.3) is 5.69 Å². The Morgan fingerprint density at radius 1 is 1.36 bits per heavy atom. The fraction of sp³-hybridized carbons (Fsp3) is 0.375. The number of carbonyl (C=O) groups is 1. The molecule has 1 unspecified atom stereocenters. The zero-order chi connectivity index (χ0) is 15.4. The Balaban J connectivity index is 1.54. The Bertz CT molecular complexity index is 610. The first-order chi connectivity index (χ1) is 10.7. The van der Waals surface area contributed by atoms with Crippen LogP contribution in [0.2, 0.25) is 0 Å². The number of rotatable bonds is 3. The van der Waals surface area contributed by atoms with Gasteiger partial charge in [0.05, 0.1) is 12.4 Å². The van der Waals surface area contributed by atoms with Crippen LogP contribution in [0.5, 0.6) is 0 Å². The number of likely N-dealkylation sites (tertiary alicyclic amines) is 1. The minimum absolute atomic E-state index is 0.113. The molecule has 116 valence electrons. The fourth-order valence-electron chi connectivity index (χ4n) is 2.63. The molecule has 1 fully saturated rings. The van der Waals surface area contributed by atoms with Gasteiger partial charge in [0.1, 0.15) is 0 Å². The average Bonchev–Trinajstić information content (AvgIpc) is 3.07. The lowest BCUT2D eigenvalue weighted by molar-refractivity contribution is 0.0842. The molecule has 3 rings (SSSR count). The summed E-state index contributed by atoms with van der Waals surface area (Å²) in [7, 11) is 0. The van der Waals surface area contributed by atoms with E-state index in [9.17, 15) is 9.90 Å². The molecule has 1 saturated heterocycles. The lowest BCUT2D eigenvalue weighted by Crippen LogP contribution is -2.46. The Morgan fingerprint density at radius 3 is 2.86 bits per heavy atom.